The minimum Gasteiger partial charge on any atom is -0.393 e. The first-order valence-corrected chi connectivity index (χ1v) is 7.16. The smallest absolute Gasteiger partial charge is 0.0595 e. The second-order valence-corrected chi connectivity index (χ2v) is 5.39. The molecule has 1 rings (SSSR count). The van der Waals surface area contributed by atoms with Crippen molar-refractivity contribution >= 4 is 23.2 Å². The standard InChI is InChI=1S/C14H21Cl2NO/c1-3-14(17-8-4-5-10(2)18)11-6-7-12(15)13(16)9-11/h6-7,9-10,14,17-18H,3-5,8H2,1-2H3. The van der Waals surface area contributed by atoms with Crippen molar-refractivity contribution in [3.8, 4) is 0 Å². The molecule has 0 amide bonds. The fourth-order valence-corrected chi connectivity index (χ4v) is 2.21. The molecule has 1 aromatic rings. The lowest BCUT2D eigenvalue weighted by molar-refractivity contribution is 0.181. The molecule has 0 saturated carbocycles. The normalized spacial score (nSPS) is 14.5. The van der Waals surface area contributed by atoms with Gasteiger partial charge in [-0.25, -0.2) is 0 Å². The Morgan fingerprint density at radius 3 is 2.56 bits per heavy atom. The molecule has 2 unspecified atom stereocenters. The van der Waals surface area contributed by atoms with Crippen LogP contribution in [0.25, 0.3) is 0 Å². The molecule has 0 aliphatic carbocycles. The molecule has 1 aromatic carbocycles. The fourth-order valence-electron chi connectivity index (χ4n) is 1.90. The quantitative estimate of drug-likeness (QED) is 0.738. The minimum absolute atomic E-state index is 0.225. The number of hydrogen-bond acceptors (Lipinski definition) is 2. The van der Waals surface area contributed by atoms with Crippen molar-refractivity contribution < 1.29 is 5.11 Å². The van der Waals surface area contributed by atoms with E-state index in [4.69, 9.17) is 23.2 Å². The topological polar surface area (TPSA) is 32.3 Å². The molecule has 102 valence electrons. The predicted molar refractivity (Wildman–Crippen MR) is 78.4 cm³/mol. The molecule has 0 aliphatic heterocycles. The van der Waals surface area contributed by atoms with Crippen LogP contribution in [0.5, 0.6) is 0 Å². The summed E-state index contributed by atoms with van der Waals surface area (Å²) in [7, 11) is 0. The zero-order chi connectivity index (χ0) is 13.5. The van der Waals surface area contributed by atoms with Crippen molar-refractivity contribution in [3.05, 3.63) is 33.8 Å². The van der Waals surface area contributed by atoms with Crippen molar-refractivity contribution in [2.24, 2.45) is 0 Å². The number of hydrogen-bond donors (Lipinski definition) is 2. The van der Waals surface area contributed by atoms with Crippen molar-refractivity contribution in [3.63, 3.8) is 0 Å². The average molecular weight is 290 g/mol. The second-order valence-electron chi connectivity index (χ2n) is 4.58. The number of halogens is 2. The summed E-state index contributed by atoms with van der Waals surface area (Å²) in [4.78, 5) is 0. The van der Waals surface area contributed by atoms with Crippen LogP contribution < -0.4 is 5.32 Å². The Bertz CT molecular complexity index is 369. The average Bonchev–Trinajstić information content (AvgIpc) is 2.33. The highest BCUT2D eigenvalue weighted by atomic mass is 35.5. The van der Waals surface area contributed by atoms with Crippen molar-refractivity contribution in [1.29, 1.82) is 0 Å². The highest BCUT2D eigenvalue weighted by molar-refractivity contribution is 6.42. The highest BCUT2D eigenvalue weighted by Gasteiger charge is 2.10. The van der Waals surface area contributed by atoms with Gasteiger partial charge in [0.25, 0.3) is 0 Å². The van der Waals surface area contributed by atoms with E-state index >= 15 is 0 Å². The Hall–Kier alpha value is -0.280. The van der Waals surface area contributed by atoms with E-state index in [0.29, 0.717) is 10.0 Å². The zero-order valence-electron chi connectivity index (χ0n) is 10.9. The maximum absolute atomic E-state index is 9.20. The van der Waals surface area contributed by atoms with E-state index in [2.05, 4.69) is 12.2 Å². The molecule has 0 aromatic heterocycles. The van der Waals surface area contributed by atoms with Gasteiger partial charge >= 0.3 is 0 Å². The lowest BCUT2D eigenvalue weighted by atomic mass is 10.0. The summed E-state index contributed by atoms with van der Waals surface area (Å²) in [5, 5.41) is 13.9. The molecule has 0 spiro atoms. The van der Waals surface area contributed by atoms with Crippen LogP contribution in [0, 0.1) is 0 Å². The molecule has 0 fully saturated rings. The van der Waals surface area contributed by atoms with Crippen molar-refractivity contribution in [2.45, 2.75) is 45.3 Å². The van der Waals surface area contributed by atoms with Crippen molar-refractivity contribution in [1.82, 2.24) is 5.32 Å². The van der Waals surface area contributed by atoms with E-state index in [1.165, 1.54) is 0 Å². The Balaban J connectivity index is 2.52. The molecular weight excluding hydrogens is 269 g/mol. The fraction of sp³-hybridized carbons (Fsp3) is 0.571. The Labute approximate surface area is 119 Å². The summed E-state index contributed by atoms with van der Waals surface area (Å²) in [5.41, 5.74) is 1.16. The molecule has 18 heavy (non-hydrogen) atoms. The Morgan fingerprint density at radius 2 is 2.00 bits per heavy atom. The van der Waals surface area contributed by atoms with Gasteiger partial charge in [0.05, 0.1) is 16.1 Å². The van der Waals surface area contributed by atoms with Crippen LogP contribution in [0.4, 0.5) is 0 Å². The molecule has 0 bridgehead atoms. The van der Waals surface area contributed by atoms with Gasteiger partial charge in [0.1, 0.15) is 0 Å². The third-order valence-corrected chi connectivity index (χ3v) is 3.68. The molecule has 2 N–H and O–H groups in total. The van der Waals surface area contributed by atoms with E-state index < -0.39 is 0 Å². The van der Waals surface area contributed by atoms with Gasteiger partial charge in [-0.05, 0) is 50.4 Å². The van der Waals surface area contributed by atoms with E-state index in [0.717, 1.165) is 31.4 Å². The minimum atomic E-state index is -0.225. The van der Waals surface area contributed by atoms with Crippen LogP contribution >= 0.6 is 23.2 Å². The van der Waals surface area contributed by atoms with Crippen molar-refractivity contribution in [2.75, 3.05) is 6.54 Å². The number of aliphatic hydroxyl groups is 1. The Kier molecular flexibility index (Phi) is 7.02. The number of nitrogens with one attached hydrogen (secondary N) is 1. The summed E-state index contributed by atoms with van der Waals surface area (Å²) in [5.74, 6) is 0. The van der Waals surface area contributed by atoms with Gasteiger partial charge in [-0.3, -0.25) is 0 Å². The van der Waals surface area contributed by atoms with E-state index in [-0.39, 0.29) is 12.1 Å². The van der Waals surface area contributed by atoms with E-state index in [9.17, 15) is 5.11 Å². The van der Waals surface area contributed by atoms with Crippen LogP contribution in [-0.4, -0.2) is 17.8 Å². The number of rotatable bonds is 7. The van der Waals surface area contributed by atoms with Gasteiger partial charge in [0.2, 0.25) is 0 Å². The molecule has 2 atom stereocenters. The highest BCUT2D eigenvalue weighted by Crippen LogP contribution is 2.26. The van der Waals surface area contributed by atoms with Gasteiger partial charge in [0.15, 0.2) is 0 Å². The third-order valence-electron chi connectivity index (χ3n) is 2.94. The second kappa shape index (κ2) is 8.00. The van der Waals surface area contributed by atoms with Crippen LogP contribution in [0.15, 0.2) is 18.2 Å². The molecule has 0 aliphatic rings. The summed E-state index contributed by atoms with van der Waals surface area (Å²) in [6.45, 7) is 4.84. The zero-order valence-corrected chi connectivity index (χ0v) is 12.4. The van der Waals surface area contributed by atoms with Crippen LogP contribution in [0.1, 0.15) is 44.7 Å². The number of benzene rings is 1. The molecule has 2 nitrogen and oxygen atoms in total. The maximum atomic E-state index is 9.20. The number of aliphatic hydroxyl groups excluding tert-OH is 1. The predicted octanol–water partition coefficient (Wildman–Crippen LogP) is 4.20. The van der Waals surface area contributed by atoms with Gasteiger partial charge in [-0.15, -0.1) is 0 Å². The molecule has 0 heterocycles. The molecular formula is C14H21Cl2NO. The van der Waals surface area contributed by atoms with E-state index in [1.807, 2.05) is 25.1 Å². The maximum Gasteiger partial charge on any atom is 0.0595 e. The SMILES string of the molecule is CCC(NCCCC(C)O)c1ccc(Cl)c(Cl)c1. The van der Waals surface area contributed by atoms with Gasteiger partial charge < -0.3 is 10.4 Å². The lowest BCUT2D eigenvalue weighted by Crippen LogP contribution is -2.22. The summed E-state index contributed by atoms with van der Waals surface area (Å²) < 4.78 is 0. The molecule has 0 saturated heterocycles. The first-order valence-electron chi connectivity index (χ1n) is 6.41. The van der Waals surface area contributed by atoms with Crippen LogP contribution in [0.2, 0.25) is 10.0 Å². The largest absolute Gasteiger partial charge is 0.393 e. The summed E-state index contributed by atoms with van der Waals surface area (Å²) in [6.07, 6.45) is 2.56. The Morgan fingerprint density at radius 1 is 1.28 bits per heavy atom. The first kappa shape index (κ1) is 15.8. The third kappa shape index (κ3) is 5.15. The molecule has 0 radical (unpaired) electrons. The first-order chi connectivity index (χ1) is 8.54. The van der Waals surface area contributed by atoms with Gasteiger partial charge in [-0.2, -0.15) is 0 Å². The monoisotopic (exact) mass is 289 g/mol. The summed E-state index contributed by atoms with van der Waals surface area (Å²) >= 11 is 11.9. The van der Waals surface area contributed by atoms with Gasteiger partial charge in [0, 0.05) is 6.04 Å². The summed E-state index contributed by atoms with van der Waals surface area (Å²) in [6, 6.07) is 6.04. The lowest BCUT2D eigenvalue weighted by Gasteiger charge is -2.18. The van der Waals surface area contributed by atoms with Crippen LogP contribution in [-0.2, 0) is 0 Å². The van der Waals surface area contributed by atoms with Crippen LogP contribution in [0.3, 0.4) is 0 Å². The van der Waals surface area contributed by atoms with E-state index in [1.54, 1.807) is 0 Å². The molecule has 4 heteroatoms. The van der Waals surface area contributed by atoms with Gasteiger partial charge in [-0.1, -0.05) is 36.2 Å².